The predicted molar refractivity (Wildman–Crippen MR) is 61.8 cm³/mol. The maximum Gasteiger partial charge on any atom is 0.347 e. The molecule has 1 aromatic rings. The van der Waals surface area contributed by atoms with Crippen LogP contribution >= 0.6 is 11.3 Å². The van der Waals surface area contributed by atoms with Gasteiger partial charge in [0.25, 0.3) is 0 Å². The van der Waals surface area contributed by atoms with E-state index in [1.165, 1.54) is 17.5 Å². The van der Waals surface area contributed by atoms with Crippen LogP contribution in [0.25, 0.3) is 0 Å². The number of hydrogen-bond acceptors (Lipinski definition) is 4. The first-order valence-electron chi connectivity index (χ1n) is 5.02. The smallest absolute Gasteiger partial charge is 0.347 e. The van der Waals surface area contributed by atoms with Crippen LogP contribution in [0, 0.1) is 0 Å². The number of nitrogens with zero attached hydrogens (tertiary/aromatic N) is 2. The van der Waals surface area contributed by atoms with Gasteiger partial charge in [0.15, 0.2) is 5.13 Å². The Morgan fingerprint density at radius 3 is 2.60 bits per heavy atom. The van der Waals surface area contributed by atoms with Crippen molar-refractivity contribution < 1.29 is 9.90 Å². The van der Waals surface area contributed by atoms with Crippen molar-refractivity contribution >= 4 is 22.4 Å². The van der Waals surface area contributed by atoms with Gasteiger partial charge >= 0.3 is 5.97 Å². The van der Waals surface area contributed by atoms with Crippen molar-refractivity contribution in [3.05, 3.63) is 11.1 Å². The first-order chi connectivity index (χ1) is 7.10. The first-order valence-corrected chi connectivity index (χ1v) is 5.83. The van der Waals surface area contributed by atoms with E-state index in [-0.39, 0.29) is 0 Å². The molecule has 0 fully saturated rings. The van der Waals surface area contributed by atoms with E-state index < -0.39 is 5.97 Å². The van der Waals surface area contributed by atoms with Crippen LogP contribution in [0.5, 0.6) is 0 Å². The standard InChI is InChI=1S/C10H16N2O2S/c1-4-7(5-2)12(3)10-11-6-8(15-10)9(13)14/h6-7H,4-5H2,1-3H3,(H,13,14). The van der Waals surface area contributed by atoms with Gasteiger partial charge in [0.1, 0.15) is 4.88 Å². The molecule has 0 spiro atoms. The molecule has 0 aliphatic heterocycles. The Hall–Kier alpha value is -1.10. The zero-order valence-corrected chi connectivity index (χ0v) is 10.0. The van der Waals surface area contributed by atoms with Crippen LogP contribution in [0.2, 0.25) is 0 Å². The number of carboxylic acid groups (broad SMARTS) is 1. The van der Waals surface area contributed by atoms with E-state index in [9.17, 15) is 4.79 Å². The van der Waals surface area contributed by atoms with E-state index in [1.54, 1.807) is 0 Å². The Balaban J connectivity index is 2.81. The van der Waals surface area contributed by atoms with Crippen LogP contribution in [0.1, 0.15) is 36.4 Å². The van der Waals surface area contributed by atoms with Crippen LogP contribution in [-0.4, -0.2) is 29.1 Å². The number of carboxylic acids is 1. The Bertz CT molecular complexity index is 334. The summed E-state index contributed by atoms with van der Waals surface area (Å²) in [5.74, 6) is -0.906. The number of rotatable bonds is 5. The molecule has 0 saturated carbocycles. The van der Waals surface area contributed by atoms with Crippen molar-refractivity contribution in [2.45, 2.75) is 32.7 Å². The van der Waals surface area contributed by atoms with Gasteiger partial charge in [0.2, 0.25) is 0 Å². The van der Waals surface area contributed by atoms with E-state index in [1.807, 2.05) is 7.05 Å². The minimum absolute atomic E-state index is 0.294. The molecular weight excluding hydrogens is 212 g/mol. The molecule has 15 heavy (non-hydrogen) atoms. The lowest BCUT2D eigenvalue weighted by Gasteiger charge is -2.25. The van der Waals surface area contributed by atoms with Crippen LogP contribution in [0.3, 0.4) is 0 Å². The second-order valence-electron chi connectivity index (χ2n) is 3.39. The van der Waals surface area contributed by atoms with E-state index in [0.717, 1.165) is 18.0 Å². The lowest BCUT2D eigenvalue weighted by atomic mass is 10.1. The molecule has 4 nitrogen and oxygen atoms in total. The minimum atomic E-state index is -0.906. The molecule has 0 aliphatic carbocycles. The SMILES string of the molecule is CCC(CC)N(C)c1ncc(C(=O)O)s1. The molecule has 84 valence electrons. The highest BCUT2D eigenvalue weighted by atomic mass is 32.1. The number of aromatic carboxylic acids is 1. The zero-order valence-electron chi connectivity index (χ0n) is 9.23. The van der Waals surface area contributed by atoms with Gasteiger partial charge in [-0.2, -0.15) is 0 Å². The fourth-order valence-electron chi connectivity index (χ4n) is 1.52. The summed E-state index contributed by atoms with van der Waals surface area (Å²) in [4.78, 5) is 17.2. The highest BCUT2D eigenvalue weighted by molar-refractivity contribution is 7.17. The normalized spacial score (nSPS) is 10.7. The Kier molecular flexibility index (Phi) is 4.08. The lowest BCUT2D eigenvalue weighted by Crippen LogP contribution is -2.30. The average molecular weight is 228 g/mol. The number of hydrogen-bond donors (Lipinski definition) is 1. The molecule has 0 aliphatic rings. The van der Waals surface area contributed by atoms with Crippen LogP contribution in [-0.2, 0) is 0 Å². The lowest BCUT2D eigenvalue weighted by molar-refractivity contribution is 0.0702. The number of aromatic nitrogens is 1. The van der Waals surface area contributed by atoms with Crippen LogP contribution in [0.4, 0.5) is 5.13 Å². The Labute approximate surface area is 93.6 Å². The third-order valence-electron chi connectivity index (χ3n) is 2.50. The summed E-state index contributed by atoms with van der Waals surface area (Å²) < 4.78 is 0. The quantitative estimate of drug-likeness (QED) is 0.841. The summed E-state index contributed by atoms with van der Waals surface area (Å²) in [7, 11) is 1.96. The highest BCUT2D eigenvalue weighted by Gasteiger charge is 2.16. The van der Waals surface area contributed by atoms with Crippen molar-refractivity contribution in [2.75, 3.05) is 11.9 Å². The maximum atomic E-state index is 10.7. The number of anilines is 1. The van der Waals surface area contributed by atoms with E-state index >= 15 is 0 Å². The van der Waals surface area contributed by atoms with E-state index in [2.05, 4.69) is 23.7 Å². The molecule has 0 bridgehead atoms. The Morgan fingerprint density at radius 1 is 1.60 bits per heavy atom. The van der Waals surface area contributed by atoms with Gasteiger partial charge in [0, 0.05) is 13.1 Å². The summed E-state index contributed by atoms with van der Waals surface area (Å²) in [5, 5.41) is 9.56. The zero-order chi connectivity index (χ0) is 11.4. The molecule has 1 aromatic heterocycles. The molecule has 0 amide bonds. The molecule has 5 heteroatoms. The third kappa shape index (κ3) is 2.68. The van der Waals surface area contributed by atoms with Crippen molar-refractivity contribution in [3.63, 3.8) is 0 Å². The second-order valence-corrected chi connectivity index (χ2v) is 4.40. The topological polar surface area (TPSA) is 53.4 Å². The largest absolute Gasteiger partial charge is 0.477 e. The summed E-state index contributed by atoms with van der Waals surface area (Å²) in [6, 6.07) is 0.429. The third-order valence-corrected chi connectivity index (χ3v) is 3.57. The van der Waals surface area contributed by atoms with Gasteiger partial charge in [-0.05, 0) is 12.8 Å². The summed E-state index contributed by atoms with van der Waals surface area (Å²) in [6.07, 6.45) is 3.49. The Morgan fingerprint density at radius 2 is 2.20 bits per heavy atom. The molecule has 0 unspecified atom stereocenters. The summed E-state index contributed by atoms with van der Waals surface area (Å²) >= 11 is 1.22. The minimum Gasteiger partial charge on any atom is -0.477 e. The molecule has 1 rings (SSSR count). The van der Waals surface area contributed by atoms with Crippen molar-refractivity contribution in [3.8, 4) is 0 Å². The van der Waals surface area contributed by atoms with Crippen LogP contribution < -0.4 is 4.90 Å². The molecule has 1 heterocycles. The van der Waals surface area contributed by atoms with Crippen molar-refractivity contribution in [2.24, 2.45) is 0 Å². The fourth-order valence-corrected chi connectivity index (χ4v) is 2.31. The summed E-state index contributed by atoms with van der Waals surface area (Å²) in [6.45, 7) is 4.24. The van der Waals surface area contributed by atoms with Gasteiger partial charge < -0.3 is 10.0 Å². The molecule has 0 aromatic carbocycles. The second kappa shape index (κ2) is 5.11. The molecule has 0 saturated heterocycles. The van der Waals surface area contributed by atoms with Gasteiger partial charge in [-0.1, -0.05) is 25.2 Å². The first kappa shape index (κ1) is 12.0. The van der Waals surface area contributed by atoms with Crippen molar-refractivity contribution in [1.29, 1.82) is 0 Å². The maximum absolute atomic E-state index is 10.7. The molecule has 0 radical (unpaired) electrons. The summed E-state index contributed by atoms with van der Waals surface area (Å²) in [5.41, 5.74) is 0. The van der Waals surface area contributed by atoms with Crippen molar-refractivity contribution in [1.82, 2.24) is 4.98 Å². The van der Waals surface area contributed by atoms with E-state index in [4.69, 9.17) is 5.11 Å². The molecule has 1 N–H and O–H groups in total. The van der Waals surface area contributed by atoms with Gasteiger partial charge in [-0.3, -0.25) is 0 Å². The van der Waals surface area contributed by atoms with E-state index in [0.29, 0.717) is 10.9 Å². The fraction of sp³-hybridized carbons (Fsp3) is 0.600. The average Bonchev–Trinajstić information content (AvgIpc) is 2.68. The predicted octanol–water partition coefficient (Wildman–Crippen LogP) is 2.47. The highest BCUT2D eigenvalue weighted by Crippen LogP contribution is 2.24. The molecule has 0 atom stereocenters. The van der Waals surface area contributed by atoms with Crippen LogP contribution in [0.15, 0.2) is 6.20 Å². The molecular formula is C10H16N2O2S. The van der Waals surface area contributed by atoms with Gasteiger partial charge in [-0.25, -0.2) is 9.78 Å². The number of carbonyl (C=O) groups is 1. The van der Waals surface area contributed by atoms with Gasteiger partial charge in [-0.15, -0.1) is 0 Å². The monoisotopic (exact) mass is 228 g/mol. The number of thiazole rings is 1. The van der Waals surface area contributed by atoms with Gasteiger partial charge in [0.05, 0.1) is 6.20 Å².